The van der Waals surface area contributed by atoms with E-state index in [1.807, 2.05) is 170 Å². The zero-order valence-corrected chi connectivity index (χ0v) is 33.5. The van der Waals surface area contributed by atoms with Gasteiger partial charge in [0.05, 0.1) is 31.1 Å². The quantitative estimate of drug-likeness (QED) is 0.103. The number of hydrogen-bond acceptors (Lipinski definition) is 6. The summed E-state index contributed by atoms with van der Waals surface area (Å²) in [5.41, 5.74) is 3.16. The molecule has 0 aromatic heterocycles. The number of carbonyl (C=O) groups is 4. The molecule has 9 nitrogen and oxygen atoms in total. The number of carbonyl (C=O) groups excluding carboxylic acids is 4. The van der Waals surface area contributed by atoms with Crippen molar-refractivity contribution < 1.29 is 23.9 Å². The first kappa shape index (κ1) is 42.5. The Hall–Kier alpha value is -5.28. The number of ether oxygens (including phenoxy) is 1. The highest BCUT2D eigenvalue weighted by molar-refractivity contribution is 5.86. The monoisotopic (exact) mass is 746 g/mol. The molecule has 4 aromatic rings. The highest BCUT2D eigenvalue weighted by atomic mass is 16.6. The van der Waals surface area contributed by atoms with E-state index in [9.17, 15) is 19.2 Å². The second-order valence-electron chi connectivity index (χ2n) is 15.1. The Kier molecular flexibility index (Phi) is 15.8. The largest absolute Gasteiger partial charge is 0.460 e. The number of hydrogen-bond donors (Lipinski definition) is 1. The average Bonchev–Trinajstić information content (AvgIpc) is 3.19. The Balaban J connectivity index is 1.58. The lowest BCUT2D eigenvalue weighted by atomic mass is 10.0. The van der Waals surface area contributed by atoms with Gasteiger partial charge in [0, 0.05) is 25.6 Å². The molecule has 0 aliphatic carbocycles. The van der Waals surface area contributed by atoms with Crippen LogP contribution in [-0.2, 0) is 23.9 Å². The molecule has 4 aromatic carbocycles. The molecule has 3 amide bonds. The summed E-state index contributed by atoms with van der Waals surface area (Å²) in [4.78, 5) is 60.7. The van der Waals surface area contributed by atoms with Gasteiger partial charge in [-0.05, 0) is 70.7 Å². The van der Waals surface area contributed by atoms with Crippen LogP contribution in [0.15, 0.2) is 121 Å². The molecule has 0 saturated heterocycles. The lowest BCUT2D eigenvalue weighted by Crippen LogP contribution is -2.47. The Morgan fingerprint density at radius 1 is 0.527 bits per heavy atom. The van der Waals surface area contributed by atoms with Crippen LogP contribution in [0.25, 0.3) is 0 Å². The first-order valence-corrected chi connectivity index (χ1v) is 19.3. The van der Waals surface area contributed by atoms with Crippen LogP contribution < -0.4 is 5.32 Å². The minimum absolute atomic E-state index is 0.00768. The molecule has 0 heterocycles. The van der Waals surface area contributed by atoms with E-state index in [-0.39, 0.29) is 74.9 Å². The third-order valence-electron chi connectivity index (χ3n) is 9.92. The summed E-state index contributed by atoms with van der Waals surface area (Å²) in [6.07, 6.45) is 0.0154. The van der Waals surface area contributed by atoms with Gasteiger partial charge in [-0.15, -0.1) is 0 Å². The lowest BCUT2D eigenvalue weighted by Gasteiger charge is -2.36. The fraction of sp³-hybridized carbons (Fsp3) is 0.391. The van der Waals surface area contributed by atoms with Crippen molar-refractivity contribution in [3.63, 3.8) is 0 Å². The highest BCUT2D eigenvalue weighted by Crippen LogP contribution is 2.26. The number of amides is 3. The second kappa shape index (κ2) is 20.4. The summed E-state index contributed by atoms with van der Waals surface area (Å²) in [6, 6.07) is 37.8. The van der Waals surface area contributed by atoms with Crippen LogP contribution in [0, 0.1) is 0 Å². The van der Waals surface area contributed by atoms with Gasteiger partial charge in [-0.25, -0.2) is 0 Å². The summed E-state index contributed by atoms with van der Waals surface area (Å²) in [5.74, 6) is -1.08. The maximum absolute atomic E-state index is 14.4. The number of nitrogens with one attached hydrogen (secondary N) is 1. The summed E-state index contributed by atoms with van der Waals surface area (Å²) in [5, 5.41) is 3.36. The molecule has 0 fully saturated rings. The second-order valence-corrected chi connectivity index (χ2v) is 15.1. The molecule has 292 valence electrons. The van der Waals surface area contributed by atoms with Crippen LogP contribution in [0.1, 0.15) is 108 Å². The van der Waals surface area contributed by atoms with Crippen molar-refractivity contribution in [1.82, 2.24) is 20.0 Å². The minimum Gasteiger partial charge on any atom is -0.460 e. The van der Waals surface area contributed by atoms with Gasteiger partial charge in [-0.3, -0.25) is 19.2 Å². The Bertz CT molecular complexity index is 1800. The van der Waals surface area contributed by atoms with Gasteiger partial charge in [0.15, 0.2) is 0 Å². The van der Waals surface area contributed by atoms with Gasteiger partial charge in [0.2, 0.25) is 17.7 Å². The van der Waals surface area contributed by atoms with Crippen molar-refractivity contribution in [2.75, 3.05) is 26.2 Å². The predicted molar refractivity (Wildman–Crippen MR) is 218 cm³/mol. The molecular formula is C46H58N4O5. The number of benzene rings is 4. The third kappa shape index (κ3) is 12.9. The zero-order chi connectivity index (χ0) is 40.0. The van der Waals surface area contributed by atoms with Crippen LogP contribution in [0.2, 0.25) is 0 Å². The summed E-state index contributed by atoms with van der Waals surface area (Å²) < 4.78 is 5.57. The van der Waals surface area contributed by atoms with Gasteiger partial charge in [-0.1, -0.05) is 121 Å². The molecule has 0 saturated carbocycles. The van der Waals surface area contributed by atoms with Crippen LogP contribution >= 0.6 is 0 Å². The first-order valence-electron chi connectivity index (χ1n) is 19.3. The molecule has 0 bridgehead atoms. The molecule has 0 unspecified atom stereocenters. The highest BCUT2D eigenvalue weighted by Gasteiger charge is 2.31. The molecule has 4 atom stereocenters. The van der Waals surface area contributed by atoms with Crippen LogP contribution in [-0.4, -0.2) is 70.2 Å². The Morgan fingerprint density at radius 3 is 1.35 bits per heavy atom. The van der Waals surface area contributed by atoms with Gasteiger partial charge in [0.25, 0.3) is 0 Å². The van der Waals surface area contributed by atoms with E-state index in [1.165, 1.54) is 0 Å². The standard InChI is InChI=1S/C46H58N4O5/c1-34(38-20-12-8-13-21-38)47-32-43(52)48(35(2)39-22-14-9-15-23-39)30-28-42(51)50(37(4)41-26-18-11-19-27-41)33-44(53)49(31-29-45(54)55-46(5,6)7)36(3)40-24-16-10-17-25-40/h8-27,34-37,47H,28-33H2,1-7H3/t34-,35-,36-,37-/m0/s1. The summed E-state index contributed by atoms with van der Waals surface area (Å²) in [6.45, 7) is 13.4. The van der Waals surface area contributed by atoms with Crippen molar-refractivity contribution in [3.05, 3.63) is 144 Å². The van der Waals surface area contributed by atoms with Crippen molar-refractivity contribution in [2.45, 2.75) is 91.1 Å². The SMILES string of the molecule is C[C@H](NCC(=O)N(CCC(=O)N(CC(=O)N(CCC(=O)OC(C)(C)C)[C@@H](C)c1ccccc1)[C@@H](C)c1ccccc1)[C@@H](C)c1ccccc1)c1ccccc1. The topological polar surface area (TPSA) is 99.3 Å². The number of esters is 1. The van der Waals surface area contributed by atoms with Crippen molar-refractivity contribution in [3.8, 4) is 0 Å². The zero-order valence-electron chi connectivity index (χ0n) is 33.5. The fourth-order valence-electron chi connectivity index (χ4n) is 6.65. The van der Waals surface area contributed by atoms with Crippen LogP contribution in [0.3, 0.4) is 0 Å². The molecular weight excluding hydrogens is 689 g/mol. The van der Waals surface area contributed by atoms with E-state index >= 15 is 0 Å². The summed E-state index contributed by atoms with van der Waals surface area (Å²) in [7, 11) is 0. The molecule has 9 heteroatoms. The maximum Gasteiger partial charge on any atom is 0.308 e. The van der Waals surface area contributed by atoms with E-state index in [0.29, 0.717) is 0 Å². The van der Waals surface area contributed by atoms with Gasteiger partial charge >= 0.3 is 5.97 Å². The Morgan fingerprint density at radius 2 is 0.909 bits per heavy atom. The van der Waals surface area contributed by atoms with E-state index in [1.54, 1.807) is 14.7 Å². The van der Waals surface area contributed by atoms with E-state index in [4.69, 9.17) is 4.74 Å². The predicted octanol–water partition coefficient (Wildman–Crippen LogP) is 8.23. The van der Waals surface area contributed by atoms with Crippen molar-refractivity contribution in [2.24, 2.45) is 0 Å². The van der Waals surface area contributed by atoms with Gasteiger partial charge in [-0.2, -0.15) is 0 Å². The van der Waals surface area contributed by atoms with Crippen LogP contribution in [0.5, 0.6) is 0 Å². The first-order chi connectivity index (χ1) is 26.2. The molecule has 0 aliphatic heterocycles. The van der Waals surface area contributed by atoms with E-state index < -0.39 is 17.6 Å². The van der Waals surface area contributed by atoms with Gasteiger partial charge in [0.1, 0.15) is 12.1 Å². The molecule has 1 N–H and O–H groups in total. The lowest BCUT2D eigenvalue weighted by molar-refractivity contribution is -0.156. The molecule has 0 spiro atoms. The Labute approximate surface area is 327 Å². The van der Waals surface area contributed by atoms with Crippen molar-refractivity contribution in [1.29, 1.82) is 0 Å². The smallest absolute Gasteiger partial charge is 0.308 e. The molecule has 55 heavy (non-hydrogen) atoms. The normalized spacial score (nSPS) is 13.5. The third-order valence-corrected chi connectivity index (χ3v) is 9.92. The van der Waals surface area contributed by atoms with Crippen LogP contribution in [0.4, 0.5) is 0 Å². The van der Waals surface area contributed by atoms with Crippen molar-refractivity contribution >= 4 is 23.7 Å². The molecule has 4 rings (SSSR count). The number of nitrogens with zero attached hydrogens (tertiary/aromatic N) is 3. The van der Waals surface area contributed by atoms with Gasteiger partial charge < -0.3 is 24.8 Å². The maximum atomic E-state index is 14.4. The molecule has 0 radical (unpaired) electrons. The van der Waals surface area contributed by atoms with E-state index in [2.05, 4.69) is 5.32 Å². The minimum atomic E-state index is -0.658. The number of rotatable bonds is 18. The van der Waals surface area contributed by atoms with E-state index in [0.717, 1.165) is 22.3 Å². The average molecular weight is 747 g/mol. The fourth-order valence-corrected chi connectivity index (χ4v) is 6.65. The summed E-state index contributed by atoms with van der Waals surface area (Å²) >= 11 is 0. The molecule has 0 aliphatic rings.